The van der Waals surface area contributed by atoms with Crippen LogP contribution in [-0.2, 0) is 4.74 Å². The summed E-state index contributed by atoms with van der Waals surface area (Å²) in [4.78, 5) is 0. The molecule has 0 aromatic heterocycles. The van der Waals surface area contributed by atoms with E-state index in [4.69, 9.17) is 4.74 Å². The summed E-state index contributed by atoms with van der Waals surface area (Å²) in [6.45, 7) is 10.4. The van der Waals surface area contributed by atoms with Gasteiger partial charge in [-0.3, -0.25) is 0 Å². The number of rotatable bonds is 3. The van der Waals surface area contributed by atoms with Crippen molar-refractivity contribution >= 4 is 0 Å². The maximum absolute atomic E-state index is 5.20. The van der Waals surface area contributed by atoms with Gasteiger partial charge in [0.05, 0.1) is 12.7 Å². The van der Waals surface area contributed by atoms with Crippen LogP contribution in [0.25, 0.3) is 0 Å². The minimum atomic E-state index is 0.326. The summed E-state index contributed by atoms with van der Waals surface area (Å²) < 4.78 is 5.20. The van der Waals surface area contributed by atoms with Gasteiger partial charge >= 0.3 is 0 Å². The molecule has 1 nitrogen and oxygen atoms in total. The quantitative estimate of drug-likeness (QED) is 0.510. The molecule has 0 saturated heterocycles. The predicted octanol–water partition coefficient (Wildman–Crippen LogP) is 1.99. The number of hydrogen-bond donors (Lipinski definition) is 0. The van der Waals surface area contributed by atoms with Crippen molar-refractivity contribution in [2.24, 2.45) is 0 Å². The van der Waals surface area contributed by atoms with E-state index in [1.165, 1.54) is 0 Å². The normalized spacial score (nSPS) is 10.0. The van der Waals surface area contributed by atoms with Gasteiger partial charge in [-0.25, -0.2) is 0 Å². The summed E-state index contributed by atoms with van der Waals surface area (Å²) >= 11 is 0. The molecule has 0 aliphatic carbocycles. The third-order valence-corrected chi connectivity index (χ3v) is 0.663. The van der Waals surface area contributed by atoms with Gasteiger partial charge in [0.1, 0.15) is 0 Å². The van der Waals surface area contributed by atoms with Gasteiger partial charge in [0.25, 0.3) is 0 Å². The fourth-order valence-corrected chi connectivity index (χ4v) is 0.309. The lowest BCUT2D eigenvalue weighted by molar-refractivity contribution is 0.0975. The maximum Gasteiger partial charge on any atom is 0.0674 e. The van der Waals surface area contributed by atoms with Crippen LogP contribution in [0.4, 0.5) is 0 Å². The van der Waals surface area contributed by atoms with Gasteiger partial charge in [-0.15, -0.1) is 0 Å². The van der Waals surface area contributed by atoms with Gasteiger partial charge in [0, 0.05) is 0 Å². The molecule has 0 fully saturated rings. The molecule has 0 atom stereocenters. The van der Waals surface area contributed by atoms with Gasteiger partial charge in [-0.1, -0.05) is 12.2 Å². The summed E-state index contributed by atoms with van der Waals surface area (Å²) in [6.07, 6.45) is 0.326. The van der Waals surface area contributed by atoms with E-state index in [9.17, 15) is 0 Å². The second kappa shape index (κ2) is 3.67. The van der Waals surface area contributed by atoms with Crippen molar-refractivity contribution in [2.75, 3.05) is 6.61 Å². The Hall–Kier alpha value is -0.300. The zero-order chi connectivity index (χ0) is 6.57. The Labute approximate surface area is 51.4 Å². The van der Waals surface area contributed by atoms with E-state index in [1.54, 1.807) is 0 Å². The first-order valence-electron chi connectivity index (χ1n) is 2.89. The van der Waals surface area contributed by atoms with Crippen molar-refractivity contribution < 1.29 is 4.74 Å². The summed E-state index contributed by atoms with van der Waals surface area (Å²) in [5.41, 5.74) is 1.08. The first kappa shape index (κ1) is 7.70. The monoisotopic (exact) mass is 114 g/mol. The van der Waals surface area contributed by atoms with Gasteiger partial charge in [-0.2, -0.15) is 0 Å². The average Bonchev–Trinajstić information content (AvgIpc) is 1.61. The average molecular weight is 114 g/mol. The molecule has 0 N–H and O–H groups in total. The second-order valence-electron chi connectivity index (χ2n) is 2.32. The summed E-state index contributed by atoms with van der Waals surface area (Å²) in [6, 6.07) is 0. The summed E-state index contributed by atoms with van der Waals surface area (Å²) in [7, 11) is 0. The standard InChI is InChI=1S/C7H14O/c1-6(2)5-8-7(3)4/h7H,1,5H2,2-4H3. The van der Waals surface area contributed by atoms with E-state index in [2.05, 4.69) is 6.58 Å². The lowest BCUT2D eigenvalue weighted by atomic mass is 10.4. The van der Waals surface area contributed by atoms with Crippen LogP contribution >= 0.6 is 0 Å². The zero-order valence-electron chi connectivity index (χ0n) is 5.90. The molecule has 0 radical (unpaired) electrons. The molecule has 8 heavy (non-hydrogen) atoms. The predicted molar refractivity (Wildman–Crippen MR) is 35.9 cm³/mol. The van der Waals surface area contributed by atoms with Crippen LogP contribution in [0.1, 0.15) is 20.8 Å². The first-order valence-corrected chi connectivity index (χ1v) is 2.89. The fourth-order valence-electron chi connectivity index (χ4n) is 0.309. The molecule has 0 heterocycles. The third kappa shape index (κ3) is 5.70. The highest BCUT2D eigenvalue weighted by atomic mass is 16.5. The van der Waals surface area contributed by atoms with Crippen molar-refractivity contribution in [1.82, 2.24) is 0 Å². The van der Waals surface area contributed by atoms with Crippen molar-refractivity contribution in [1.29, 1.82) is 0 Å². The minimum absolute atomic E-state index is 0.326. The molecule has 0 aliphatic heterocycles. The Bertz CT molecular complexity index is 74.5. The van der Waals surface area contributed by atoms with Crippen molar-refractivity contribution in [3.63, 3.8) is 0 Å². The zero-order valence-corrected chi connectivity index (χ0v) is 5.90. The van der Waals surface area contributed by atoms with Crippen LogP contribution in [0.2, 0.25) is 0 Å². The molecular formula is C7H14O. The molecule has 0 aromatic carbocycles. The summed E-state index contributed by atoms with van der Waals surface area (Å²) in [5, 5.41) is 0. The molecule has 48 valence electrons. The molecule has 0 bridgehead atoms. The highest BCUT2D eigenvalue weighted by molar-refractivity contribution is 4.87. The van der Waals surface area contributed by atoms with Gasteiger partial charge in [0.15, 0.2) is 0 Å². The highest BCUT2D eigenvalue weighted by Gasteiger charge is 1.90. The van der Waals surface area contributed by atoms with Crippen LogP contribution in [0.3, 0.4) is 0 Å². The van der Waals surface area contributed by atoms with Crippen molar-refractivity contribution in [3.8, 4) is 0 Å². The van der Waals surface area contributed by atoms with Crippen molar-refractivity contribution in [2.45, 2.75) is 26.9 Å². The summed E-state index contributed by atoms with van der Waals surface area (Å²) in [5.74, 6) is 0. The molecule has 0 unspecified atom stereocenters. The number of hydrogen-bond acceptors (Lipinski definition) is 1. The molecule has 0 amide bonds. The van der Waals surface area contributed by atoms with Gasteiger partial charge in [-0.05, 0) is 20.8 Å². The Balaban J connectivity index is 3.05. The Kier molecular flexibility index (Phi) is 3.53. The fraction of sp³-hybridized carbons (Fsp3) is 0.714. The Morgan fingerprint density at radius 2 is 2.12 bits per heavy atom. The van der Waals surface area contributed by atoms with E-state index in [0.29, 0.717) is 12.7 Å². The Morgan fingerprint density at radius 3 is 2.25 bits per heavy atom. The van der Waals surface area contributed by atoms with E-state index in [0.717, 1.165) is 5.57 Å². The molecule has 1 heteroatoms. The molecule has 0 aliphatic rings. The van der Waals surface area contributed by atoms with E-state index >= 15 is 0 Å². The van der Waals surface area contributed by atoms with E-state index < -0.39 is 0 Å². The molecule has 0 saturated carbocycles. The SMILES string of the molecule is C=C(C)COC(C)C. The molecule has 0 aromatic rings. The van der Waals surface area contributed by atoms with E-state index in [-0.39, 0.29) is 0 Å². The maximum atomic E-state index is 5.20. The number of ether oxygens (including phenoxy) is 1. The molecule has 0 rings (SSSR count). The van der Waals surface area contributed by atoms with Crippen LogP contribution in [0.15, 0.2) is 12.2 Å². The van der Waals surface area contributed by atoms with Crippen LogP contribution in [0, 0.1) is 0 Å². The minimum Gasteiger partial charge on any atom is -0.374 e. The van der Waals surface area contributed by atoms with Gasteiger partial charge in [0.2, 0.25) is 0 Å². The highest BCUT2D eigenvalue weighted by Crippen LogP contribution is 1.92. The molecular weight excluding hydrogens is 100 g/mol. The van der Waals surface area contributed by atoms with Crippen molar-refractivity contribution in [3.05, 3.63) is 12.2 Å². The topological polar surface area (TPSA) is 9.23 Å². The lowest BCUT2D eigenvalue weighted by Crippen LogP contribution is -2.03. The first-order chi connectivity index (χ1) is 3.63. The van der Waals surface area contributed by atoms with Gasteiger partial charge < -0.3 is 4.74 Å². The van der Waals surface area contributed by atoms with E-state index in [1.807, 2.05) is 20.8 Å². The van der Waals surface area contributed by atoms with Crippen LogP contribution < -0.4 is 0 Å². The smallest absolute Gasteiger partial charge is 0.0674 e. The third-order valence-electron chi connectivity index (χ3n) is 0.663. The van der Waals surface area contributed by atoms with Crippen LogP contribution in [0.5, 0.6) is 0 Å². The second-order valence-corrected chi connectivity index (χ2v) is 2.32. The molecule has 0 spiro atoms. The van der Waals surface area contributed by atoms with Crippen LogP contribution in [-0.4, -0.2) is 12.7 Å². The Morgan fingerprint density at radius 1 is 1.62 bits per heavy atom. The largest absolute Gasteiger partial charge is 0.374 e. The lowest BCUT2D eigenvalue weighted by Gasteiger charge is -2.05.